The van der Waals surface area contributed by atoms with E-state index in [1.807, 2.05) is 0 Å². The summed E-state index contributed by atoms with van der Waals surface area (Å²) in [6, 6.07) is 23.6. The lowest BCUT2D eigenvalue weighted by molar-refractivity contribution is 0.631. The molecule has 0 amide bonds. The van der Waals surface area contributed by atoms with Crippen molar-refractivity contribution < 1.29 is 0 Å². The zero-order valence-corrected chi connectivity index (χ0v) is 24.6. The fraction of sp³-hybridized carbons (Fsp3) is 0.231. The molecule has 1 unspecified atom stereocenters. The lowest BCUT2D eigenvalue weighted by Gasteiger charge is -2.47. The lowest BCUT2D eigenvalue weighted by atomic mass is 9.33. The molecule has 2 aliphatic heterocycles. The highest BCUT2D eigenvalue weighted by Gasteiger charge is 2.45. The Labute approximate surface area is 250 Å². The first-order valence-electron chi connectivity index (χ1n) is 15.7. The van der Waals surface area contributed by atoms with Gasteiger partial charge in [0.25, 0.3) is 6.71 Å². The van der Waals surface area contributed by atoms with Crippen molar-refractivity contribution in [2.45, 2.75) is 57.4 Å². The zero-order chi connectivity index (χ0) is 28.3. The molecule has 0 aromatic heterocycles. The molecule has 3 aliphatic carbocycles. The van der Waals surface area contributed by atoms with E-state index in [9.17, 15) is 0 Å². The summed E-state index contributed by atoms with van der Waals surface area (Å²) in [6.45, 7) is 5.01. The summed E-state index contributed by atoms with van der Waals surface area (Å²) >= 11 is 0. The molecule has 3 aromatic rings. The van der Waals surface area contributed by atoms with E-state index in [1.165, 1.54) is 56.0 Å². The minimum Gasteiger partial charge on any atom is -0.335 e. The minimum absolute atomic E-state index is 0.123. The molecular weight excluding hydrogens is 507 g/mol. The molecule has 5 aliphatic rings. The molecule has 3 aromatic carbocycles. The Bertz CT molecular complexity index is 1760. The largest absolute Gasteiger partial charge is 0.335 e. The maximum absolute atomic E-state index is 2.65. The minimum atomic E-state index is -0.123. The van der Waals surface area contributed by atoms with Gasteiger partial charge in [0.05, 0.1) is 6.04 Å². The van der Waals surface area contributed by atoms with Crippen molar-refractivity contribution in [2.24, 2.45) is 0 Å². The van der Waals surface area contributed by atoms with Crippen LogP contribution in [-0.2, 0) is 5.41 Å². The number of hydrogen-bond donors (Lipinski definition) is 0. The second kappa shape index (κ2) is 9.95. The van der Waals surface area contributed by atoms with E-state index < -0.39 is 0 Å². The molecule has 0 bridgehead atoms. The number of anilines is 4. The van der Waals surface area contributed by atoms with Gasteiger partial charge in [0.1, 0.15) is 0 Å². The summed E-state index contributed by atoms with van der Waals surface area (Å²) in [7, 11) is 0. The Morgan fingerprint density at radius 3 is 2.14 bits per heavy atom. The third-order valence-electron chi connectivity index (χ3n) is 9.88. The second-order valence-electron chi connectivity index (χ2n) is 12.7. The number of fused-ring (bicyclic) bond motifs is 4. The molecule has 8 rings (SSSR count). The summed E-state index contributed by atoms with van der Waals surface area (Å²) in [5.74, 6) is 0. The van der Waals surface area contributed by atoms with Gasteiger partial charge in [0, 0.05) is 33.9 Å². The Hall–Kier alpha value is -4.24. The number of rotatable bonds is 4. The molecule has 0 N–H and O–H groups in total. The lowest BCUT2D eigenvalue weighted by Crippen LogP contribution is -2.63. The first-order valence-corrected chi connectivity index (χ1v) is 15.7. The molecule has 1 atom stereocenters. The van der Waals surface area contributed by atoms with E-state index in [-0.39, 0.29) is 18.2 Å². The van der Waals surface area contributed by atoms with Crippen LogP contribution in [0.25, 0.3) is 0 Å². The van der Waals surface area contributed by atoms with Gasteiger partial charge in [-0.1, -0.05) is 105 Å². The van der Waals surface area contributed by atoms with E-state index in [2.05, 4.69) is 145 Å². The maximum Gasteiger partial charge on any atom is 0.252 e. The smallest absolute Gasteiger partial charge is 0.252 e. The van der Waals surface area contributed by atoms with E-state index in [4.69, 9.17) is 0 Å². The van der Waals surface area contributed by atoms with Crippen LogP contribution in [0.15, 0.2) is 133 Å². The van der Waals surface area contributed by atoms with E-state index in [0.717, 1.165) is 32.1 Å². The molecule has 0 spiro atoms. The number of nitrogens with zero attached hydrogens (tertiary/aromatic N) is 2. The van der Waals surface area contributed by atoms with Crippen molar-refractivity contribution in [3.8, 4) is 0 Å². The first kappa shape index (κ1) is 25.5. The third-order valence-corrected chi connectivity index (χ3v) is 9.88. The molecule has 0 fully saturated rings. The van der Waals surface area contributed by atoms with Gasteiger partial charge in [-0.2, -0.15) is 0 Å². The maximum atomic E-state index is 2.65. The number of benzene rings is 3. The summed E-state index contributed by atoms with van der Waals surface area (Å²) in [6.07, 6.45) is 28.8. The van der Waals surface area contributed by atoms with Crippen LogP contribution in [0.5, 0.6) is 0 Å². The highest BCUT2D eigenvalue weighted by Crippen LogP contribution is 2.45. The molecule has 3 heteroatoms. The Balaban J connectivity index is 1.45. The summed E-state index contributed by atoms with van der Waals surface area (Å²) in [4.78, 5) is 5.21. The van der Waals surface area contributed by atoms with Crippen molar-refractivity contribution in [1.29, 1.82) is 0 Å². The molecule has 0 saturated heterocycles. The quantitative estimate of drug-likeness (QED) is 0.310. The van der Waals surface area contributed by atoms with Crippen LogP contribution >= 0.6 is 0 Å². The number of hydrogen-bond acceptors (Lipinski definition) is 2. The van der Waals surface area contributed by atoms with Gasteiger partial charge in [0.15, 0.2) is 0 Å². The fourth-order valence-electron chi connectivity index (χ4n) is 7.69. The van der Waals surface area contributed by atoms with Gasteiger partial charge in [0.2, 0.25) is 0 Å². The average molecular weight is 545 g/mol. The normalized spacial score (nSPS) is 20.1. The molecule has 42 heavy (non-hydrogen) atoms. The predicted molar refractivity (Wildman–Crippen MR) is 181 cm³/mol. The molecule has 206 valence electrons. The first-order chi connectivity index (χ1) is 20.6. The van der Waals surface area contributed by atoms with Crippen molar-refractivity contribution in [1.82, 2.24) is 0 Å². The van der Waals surface area contributed by atoms with Gasteiger partial charge in [-0.3, -0.25) is 0 Å². The monoisotopic (exact) mass is 544 g/mol. The molecule has 2 nitrogen and oxygen atoms in total. The van der Waals surface area contributed by atoms with Crippen molar-refractivity contribution in [3.63, 3.8) is 0 Å². The zero-order valence-electron chi connectivity index (χ0n) is 24.6. The number of para-hydroxylation sites is 2. The predicted octanol–water partition coefficient (Wildman–Crippen LogP) is 7.78. The van der Waals surface area contributed by atoms with Crippen LogP contribution in [0.2, 0.25) is 0 Å². The fourth-order valence-corrected chi connectivity index (χ4v) is 7.69. The van der Waals surface area contributed by atoms with Crippen LogP contribution in [0, 0.1) is 0 Å². The van der Waals surface area contributed by atoms with Crippen molar-refractivity contribution >= 4 is 45.9 Å². The summed E-state index contributed by atoms with van der Waals surface area (Å²) in [5, 5.41) is 0. The van der Waals surface area contributed by atoms with Crippen molar-refractivity contribution in [3.05, 3.63) is 138 Å². The Morgan fingerprint density at radius 1 is 0.714 bits per heavy atom. The molecular formula is C39H37BN2. The van der Waals surface area contributed by atoms with Gasteiger partial charge in [-0.15, -0.1) is 0 Å². The van der Waals surface area contributed by atoms with Crippen LogP contribution in [-0.4, -0.2) is 12.8 Å². The van der Waals surface area contributed by atoms with Crippen LogP contribution in [0.1, 0.15) is 51.5 Å². The van der Waals surface area contributed by atoms with Gasteiger partial charge in [-0.25, -0.2) is 0 Å². The molecule has 0 radical (unpaired) electrons. The Morgan fingerprint density at radius 2 is 1.43 bits per heavy atom. The SMILES string of the molecule is CC(C)(C1=CCCC=C1)c1cc2c3c(c1)N(C1C=CC=CC1)c1ccccc1B3c1ccccc1N2C1=CCCC=C1. The highest BCUT2D eigenvalue weighted by atomic mass is 15.2. The van der Waals surface area contributed by atoms with E-state index in [1.54, 1.807) is 0 Å². The van der Waals surface area contributed by atoms with Gasteiger partial charge >= 0.3 is 0 Å². The second-order valence-corrected chi connectivity index (χ2v) is 12.7. The van der Waals surface area contributed by atoms with Crippen LogP contribution in [0.3, 0.4) is 0 Å². The molecule has 0 saturated carbocycles. The van der Waals surface area contributed by atoms with E-state index in [0.29, 0.717) is 0 Å². The van der Waals surface area contributed by atoms with Crippen LogP contribution in [0.4, 0.5) is 22.7 Å². The highest BCUT2D eigenvalue weighted by molar-refractivity contribution is 7.00. The third kappa shape index (κ3) is 3.86. The number of allylic oxidation sites excluding steroid dienone is 9. The average Bonchev–Trinajstić information content (AvgIpc) is 3.05. The standard InChI is InChI=1S/C39H37BN2/c1-39(2,28-16-6-3-7-17-28)29-26-36-38-37(27-29)42(31-20-10-5-11-21-31)35-25-15-13-23-33(35)40(38)32-22-12-14-24-34(32)41(36)30-18-8-4-9-19-30/h4,6,8-10,12-18,20-27,30H,3,5,7,11,19H2,1-2H3. The van der Waals surface area contributed by atoms with Crippen molar-refractivity contribution in [2.75, 3.05) is 9.80 Å². The van der Waals surface area contributed by atoms with Gasteiger partial charge < -0.3 is 9.80 Å². The van der Waals surface area contributed by atoms with Gasteiger partial charge in [-0.05, 0) is 90.0 Å². The Kier molecular flexibility index (Phi) is 6.03. The summed E-state index contributed by atoms with van der Waals surface area (Å²) < 4.78 is 0. The molecule has 2 heterocycles. The topological polar surface area (TPSA) is 6.48 Å². The summed E-state index contributed by atoms with van der Waals surface area (Å²) in [5.41, 5.74) is 13.5. The van der Waals surface area contributed by atoms with E-state index >= 15 is 0 Å². The van der Waals surface area contributed by atoms with Crippen LogP contribution < -0.4 is 26.2 Å².